The molecule has 88 valence electrons. The third-order valence-electron chi connectivity index (χ3n) is 3.13. The highest BCUT2D eigenvalue weighted by Crippen LogP contribution is 2.16. The van der Waals surface area contributed by atoms with Gasteiger partial charge in [-0.2, -0.15) is 0 Å². The normalized spacial score (nSPS) is 27.9. The highest BCUT2D eigenvalue weighted by Gasteiger charge is 2.24. The lowest BCUT2D eigenvalue weighted by Gasteiger charge is -2.37. The first kappa shape index (κ1) is 12.5. The fourth-order valence-corrected chi connectivity index (χ4v) is 2.27. The van der Waals surface area contributed by atoms with Crippen molar-refractivity contribution in [3.8, 4) is 0 Å². The zero-order valence-corrected chi connectivity index (χ0v) is 9.83. The van der Waals surface area contributed by atoms with Gasteiger partial charge in [0.2, 0.25) is 5.91 Å². The van der Waals surface area contributed by atoms with Gasteiger partial charge in [-0.25, -0.2) is 0 Å². The third-order valence-corrected chi connectivity index (χ3v) is 3.13. The molecule has 3 N–H and O–H groups in total. The summed E-state index contributed by atoms with van der Waals surface area (Å²) in [5.74, 6) is 0.461. The largest absolute Gasteiger partial charge is 0.370 e. The fourth-order valence-electron chi connectivity index (χ4n) is 2.27. The second kappa shape index (κ2) is 6.08. The van der Waals surface area contributed by atoms with E-state index >= 15 is 0 Å². The van der Waals surface area contributed by atoms with E-state index in [1.165, 1.54) is 6.42 Å². The number of piperidine rings is 1. The molecule has 4 nitrogen and oxygen atoms in total. The van der Waals surface area contributed by atoms with Gasteiger partial charge in [0, 0.05) is 25.6 Å². The fraction of sp³-hybridized carbons (Fsp3) is 0.909. The van der Waals surface area contributed by atoms with Crippen LogP contribution < -0.4 is 11.1 Å². The Morgan fingerprint density at radius 3 is 2.87 bits per heavy atom. The molecule has 1 aliphatic heterocycles. The monoisotopic (exact) mass is 213 g/mol. The standard InChI is InChI=1S/C11H23N3O/c1-3-13-10-4-6-14(8-9(10)2)7-5-11(12)15/h9-10,13H,3-8H2,1-2H3,(H2,12,15). The summed E-state index contributed by atoms with van der Waals surface area (Å²) in [4.78, 5) is 13.0. The van der Waals surface area contributed by atoms with Crippen LogP contribution in [0.15, 0.2) is 0 Å². The van der Waals surface area contributed by atoms with Gasteiger partial charge in [-0.1, -0.05) is 13.8 Å². The molecule has 4 heteroatoms. The van der Waals surface area contributed by atoms with Gasteiger partial charge in [0.25, 0.3) is 0 Å². The molecular formula is C11H23N3O. The van der Waals surface area contributed by atoms with E-state index in [1.54, 1.807) is 0 Å². The summed E-state index contributed by atoms with van der Waals surface area (Å²) in [6, 6.07) is 0.639. The molecule has 2 atom stereocenters. The Hall–Kier alpha value is -0.610. The molecule has 0 spiro atoms. The molecule has 2 unspecified atom stereocenters. The van der Waals surface area contributed by atoms with Gasteiger partial charge < -0.3 is 16.0 Å². The Balaban J connectivity index is 2.27. The molecule has 1 fully saturated rings. The van der Waals surface area contributed by atoms with E-state index in [9.17, 15) is 4.79 Å². The molecule has 0 aromatic carbocycles. The van der Waals surface area contributed by atoms with E-state index in [0.29, 0.717) is 18.4 Å². The van der Waals surface area contributed by atoms with Crippen molar-refractivity contribution in [2.75, 3.05) is 26.2 Å². The Bertz CT molecular complexity index is 208. The first-order valence-corrected chi connectivity index (χ1v) is 5.87. The van der Waals surface area contributed by atoms with Crippen LogP contribution in [-0.2, 0) is 4.79 Å². The molecule has 1 amide bonds. The van der Waals surface area contributed by atoms with Crippen LogP contribution in [0.4, 0.5) is 0 Å². The van der Waals surface area contributed by atoms with Crippen LogP contribution in [0.2, 0.25) is 0 Å². The van der Waals surface area contributed by atoms with Crippen molar-refractivity contribution >= 4 is 5.91 Å². The van der Waals surface area contributed by atoms with Gasteiger partial charge in [0.1, 0.15) is 0 Å². The zero-order valence-electron chi connectivity index (χ0n) is 9.83. The summed E-state index contributed by atoms with van der Waals surface area (Å²) in [7, 11) is 0. The number of carbonyl (C=O) groups excluding carboxylic acids is 1. The molecule has 0 aromatic heterocycles. The van der Waals surface area contributed by atoms with Gasteiger partial charge in [0.15, 0.2) is 0 Å². The van der Waals surface area contributed by atoms with E-state index in [2.05, 4.69) is 24.1 Å². The molecule has 1 saturated heterocycles. The van der Waals surface area contributed by atoms with Crippen LogP contribution >= 0.6 is 0 Å². The van der Waals surface area contributed by atoms with Crippen molar-refractivity contribution in [2.45, 2.75) is 32.7 Å². The van der Waals surface area contributed by atoms with E-state index in [-0.39, 0.29) is 5.91 Å². The molecule has 0 radical (unpaired) electrons. The number of nitrogens with zero attached hydrogens (tertiary/aromatic N) is 1. The topological polar surface area (TPSA) is 58.4 Å². The number of hydrogen-bond acceptors (Lipinski definition) is 3. The minimum atomic E-state index is -0.198. The maximum Gasteiger partial charge on any atom is 0.218 e. The summed E-state index contributed by atoms with van der Waals surface area (Å²) in [5.41, 5.74) is 5.14. The van der Waals surface area contributed by atoms with Gasteiger partial charge in [-0.15, -0.1) is 0 Å². The van der Waals surface area contributed by atoms with E-state index in [1.807, 2.05) is 0 Å². The Morgan fingerprint density at radius 1 is 1.60 bits per heavy atom. The van der Waals surface area contributed by atoms with Crippen molar-refractivity contribution in [1.29, 1.82) is 0 Å². The maximum atomic E-state index is 10.7. The van der Waals surface area contributed by atoms with Crippen molar-refractivity contribution in [1.82, 2.24) is 10.2 Å². The molecule has 0 aliphatic carbocycles. The molecule has 1 heterocycles. The second-order valence-corrected chi connectivity index (χ2v) is 4.45. The minimum Gasteiger partial charge on any atom is -0.370 e. The Kier molecular flexibility index (Phi) is 5.05. The average molecular weight is 213 g/mol. The summed E-state index contributed by atoms with van der Waals surface area (Å²) < 4.78 is 0. The Morgan fingerprint density at radius 2 is 2.33 bits per heavy atom. The molecule has 0 saturated carbocycles. The van der Waals surface area contributed by atoms with Crippen molar-refractivity contribution in [3.63, 3.8) is 0 Å². The van der Waals surface area contributed by atoms with Crippen LogP contribution in [0.5, 0.6) is 0 Å². The number of primary amides is 1. The van der Waals surface area contributed by atoms with E-state index in [0.717, 1.165) is 26.2 Å². The van der Waals surface area contributed by atoms with E-state index < -0.39 is 0 Å². The number of carbonyl (C=O) groups is 1. The maximum absolute atomic E-state index is 10.7. The number of hydrogen-bond donors (Lipinski definition) is 2. The zero-order chi connectivity index (χ0) is 11.3. The minimum absolute atomic E-state index is 0.198. The molecule has 1 aliphatic rings. The summed E-state index contributed by atoms with van der Waals surface area (Å²) in [6.45, 7) is 8.42. The van der Waals surface area contributed by atoms with Crippen molar-refractivity contribution in [3.05, 3.63) is 0 Å². The lowest BCUT2D eigenvalue weighted by molar-refractivity contribution is -0.118. The number of likely N-dealkylation sites (tertiary alicyclic amines) is 1. The molecule has 15 heavy (non-hydrogen) atoms. The molecule has 1 rings (SSSR count). The van der Waals surface area contributed by atoms with Gasteiger partial charge in [-0.05, 0) is 25.4 Å². The first-order valence-electron chi connectivity index (χ1n) is 5.87. The lowest BCUT2D eigenvalue weighted by atomic mass is 9.94. The van der Waals surface area contributed by atoms with E-state index in [4.69, 9.17) is 5.73 Å². The molecule has 0 bridgehead atoms. The lowest BCUT2D eigenvalue weighted by Crippen LogP contribution is -2.48. The molecular weight excluding hydrogens is 190 g/mol. The SMILES string of the molecule is CCNC1CCN(CCC(N)=O)CC1C. The van der Waals surface area contributed by atoms with Crippen molar-refractivity contribution < 1.29 is 4.79 Å². The summed E-state index contributed by atoms with van der Waals surface area (Å²) in [6.07, 6.45) is 1.66. The van der Waals surface area contributed by atoms with Crippen LogP contribution in [0.3, 0.4) is 0 Å². The van der Waals surface area contributed by atoms with Crippen LogP contribution in [0.1, 0.15) is 26.7 Å². The van der Waals surface area contributed by atoms with Crippen molar-refractivity contribution in [2.24, 2.45) is 11.7 Å². The third kappa shape index (κ3) is 4.18. The predicted molar refractivity (Wildman–Crippen MR) is 61.5 cm³/mol. The van der Waals surface area contributed by atoms with Gasteiger partial charge in [-0.3, -0.25) is 4.79 Å². The predicted octanol–water partition coefficient (Wildman–Crippen LogP) is 0.182. The summed E-state index contributed by atoms with van der Waals surface area (Å²) >= 11 is 0. The van der Waals surface area contributed by atoms with Crippen LogP contribution in [0.25, 0.3) is 0 Å². The van der Waals surface area contributed by atoms with Gasteiger partial charge >= 0.3 is 0 Å². The quantitative estimate of drug-likeness (QED) is 0.685. The van der Waals surface area contributed by atoms with Crippen LogP contribution in [0, 0.1) is 5.92 Å². The smallest absolute Gasteiger partial charge is 0.218 e. The summed E-state index contributed by atoms with van der Waals surface area (Å²) in [5, 5.41) is 3.50. The number of rotatable bonds is 5. The number of nitrogens with two attached hydrogens (primary N) is 1. The van der Waals surface area contributed by atoms with Gasteiger partial charge in [0.05, 0.1) is 0 Å². The Labute approximate surface area is 92.2 Å². The second-order valence-electron chi connectivity index (χ2n) is 4.45. The number of amides is 1. The van der Waals surface area contributed by atoms with Crippen LogP contribution in [-0.4, -0.2) is 43.0 Å². The molecule has 0 aromatic rings. The number of nitrogens with one attached hydrogen (secondary N) is 1. The highest BCUT2D eigenvalue weighted by molar-refractivity contribution is 5.73. The first-order chi connectivity index (χ1) is 7.13. The average Bonchev–Trinajstić information content (AvgIpc) is 2.19. The highest BCUT2D eigenvalue weighted by atomic mass is 16.1.